The van der Waals surface area contributed by atoms with Gasteiger partial charge in [0.1, 0.15) is 0 Å². The van der Waals surface area contributed by atoms with Crippen LogP contribution < -0.4 is 5.32 Å². The minimum Gasteiger partial charge on any atom is -0.481 e. The molecule has 0 saturated heterocycles. The van der Waals surface area contributed by atoms with Gasteiger partial charge in [0.2, 0.25) is 0 Å². The van der Waals surface area contributed by atoms with E-state index in [9.17, 15) is 9.90 Å². The van der Waals surface area contributed by atoms with Crippen LogP contribution >= 0.6 is 0 Å². The van der Waals surface area contributed by atoms with Crippen molar-refractivity contribution in [1.29, 1.82) is 0 Å². The minimum atomic E-state index is -0.775. The second kappa shape index (κ2) is 5.15. The van der Waals surface area contributed by atoms with Gasteiger partial charge in [-0.15, -0.1) is 6.42 Å². The maximum Gasteiger partial charge on any atom is 0.306 e. The highest BCUT2D eigenvalue weighted by molar-refractivity contribution is 5.70. The van der Waals surface area contributed by atoms with Gasteiger partial charge in [-0.1, -0.05) is 5.92 Å². The summed E-state index contributed by atoms with van der Waals surface area (Å²) in [4.78, 5) is 10.7. The Hall–Kier alpha value is -1.05. The van der Waals surface area contributed by atoms with E-state index in [0.717, 1.165) is 0 Å². The summed E-state index contributed by atoms with van der Waals surface area (Å²) in [5, 5.41) is 21.8. The molecule has 0 atom stereocenters. The Balaban J connectivity index is 2.34. The predicted molar refractivity (Wildman–Crippen MR) is 56.2 cm³/mol. The van der Waals surface area contributed by atoms with Crippen molar-refractivity contribution < 1.29 is 15.0 Å². The Morgan fingerprint density at radius 3 is 2.60 bits per heavy atom. The van der Waals surface area contributed by atoms with E-state index in [1.807, 2.05) is 0 Å². The molecular formula is C11H17NO3. The largest absolute Gasteiger partial charge is 0.481 e. The second-order valence-electron chi connectivity index (χ2n) is 4.14. The normalized spacial score (nSPS) is 30.8. The number of carbonyl (C=O) groups is 1. The van der Waals surface area contributed by atoms with Gasteiger partial charge >= 0.3 is 5.97 Å². The first-order valence-corrected chi connectivity index (χ1v) is 5.17. The van der Waals surface area contributed by atoms with Crippen LogP contribution in [0.3, 0.4) is 0 Å². The van der Waals surface area contributed by atoms with E-state index in [0.29, 0.717) is 38.8 Å². The molecule has 4 heteroatoms. The maximum atomic E-state index is 10.7. The van der Waals surface area contributed by atoms with Gasteiger partial charge in [-0.05, 0) is 25.7 Å². The molecule has 0 aliphatic heterocycles. The van der Waals surface area contributed by atoms with Crippen LogP contribution in [0.4, 0.5) is 0 Å². The zero-order valence-electron chi connectivity index (χ0n) is 8.70. The van der Waals surface area contributed by atoms with Crippen LogP contribution in [-0.2, 0) is 4.79 Å². The minimum absolute atomic E-state index is 0.294. The van der Waals surface area contributed by atoms with Crippen molar-refractivity contribution in [3.63, 3.8) is 0 Å². The molecule has 3 N–H and O–H groups in total. The predicted octanol–water partition coefficient (Wildman–Crippen LogP) is 0.215. The summed E-state index contributed by atoms with van der Waals surface area (Å²) < 4.78 is 0. The Morgan fingerprint density at radius 1 is 1.53 bits per heavy atom. The maximum absolute atomic E-state index is 10.7. The van der Waals surface area contributed by atoms with Crippen LogP contribution in [-0.4, -0.2) is 34.9 Å². The van der Waals surface area contributed by atoms with Gasteiger partial charge in [0.15, 0.2) is 0 Å². The first-order valence-electron chi connectivity index (χ1n) is 5.17. The summed E-state index contributed by atoms with van der Waals surface area (Å²) in [5.41, 5.74) is -0.775. The first-order chi connectivity index (χ1) is 7.07. The molecule has 0 radical (unpaired) electrons. The fourth-order valence-corrected chi connectivity index (χ4v) is 1.95. The van der Waals surface area contributed by atoms with E-state index in [4.69, 9.17) is 11.5 Å². The van der Waals surface area contributed by atoms with Crippen molar-refractivity contribution >= 4 is 5.97 Å². The van der Waals surface area contributed by atoms with Gasteiger partial charge in [-0.25, -0.2) is 0 Å². The van der Waals surface area contributed by atoms with Crippen molar-refractivity contribution in [2.75, 3.05) is 13.1 Å². The first kappa shape index (κ1) is 12.0. The number of hydrogen-bond donors (Lipinski definition) is 3. The van der Waals surface area contributed by atoms with Crippen LogP contribution in [0.1, 0.15) is 25.7 Å². The molecule has 15 heavy (non-hydrogen) atoms. The van der Waals surface area contributed by atoms with Gasteiger partial charge in [-0.3, -0.25) is 4.79 Å². The van der Waals surface area contributed by atoms with E-state index in [-0.39, 0.29) is 5.92 Å². The lowest BCUT2D eigenvalue weighted by Gasteiger charge is -2.34. The lowest BCUT2D eigenvalue weighted by molar-refractivity contribution is -0.144. The Morgan fingerprint density at radius 2 is 2.13 bits per heavy atom. The average Bonchev–Trinajstić information content (AvgIpc) is 2.18. The van der Waals surface area contributed by atoms with Gasteiger partial charge in [0.05, 0.1) is 18.1 Å². The molecule has 4 nitrogen and oxygen atoms in total. The lowest BCUT2D eigenvalue weighted by atomic mass is 9.79. The highest BCUT2D eigenvalue weighted by Gasteiger charge is 2.35. The zero-order valence-corrected chi connectivity index (χ0v) is 8.70. The Bertz CT molecular complexity index is 261. The topological polar surface area (TPSA) is 69.6 Å². The fourth-order valence-electron chi connectivity index (χ4n) is 1.95. The standard InChI is InChI=1S/C11H17NO3/c1-2-7-12-8-11(15)5-3-9(4-6-11)10(13)14/h1,9,12,15H,3-8H2,(H,13,14). The molecule has 0 unspecified atom stereocenters. The molecule has 0 aromatic carbocycles. The highest BCUT2D eigenvalue weighted by atomic mass is 16.4. The van der Waals surface area contributed by atoms with Crippen molar-refractivity contribution in [3.05, 3.63) is 0 Å². The Kier molecular flexibility index (Phi) is 4.13. The Labute approximate surface area is 89.7 Å². The van der Waals surface area contributed by atoms with E-state index in [2.05, 4.69) is 11.2 Å². The summed E-state index contributed by atoms with van der Waals surface area (Å²) in [7, 11) is 0. The number of hydrogen-bond acceptors (Lipinski definition) is 3. The highest BCUT2D eigenvalue weighted by Crippen LogP contribution is 2.31. The number of aliphatic hydroxyl groups is 1. The van der Waals surface area contributed by atoms with Crippen LogP contribution in [0.25, 0.3) is 0 Å². The second-order valence-corrected chi connectivity index (χ2v) is 4.14. The number of aliphatic carboxylic acids is 1. The molecule has 0 spiro atoms. The van der Waals surface area contributed by atoms with E-state index < -0.39 is 11.6 Å². The number of carboxylic acid groups (broad SMARTS) is 1. The van der Waals surface area contributed by atoms with Crippen LogP contribution in [0, 0.1) is 18.3 Å². The van der Waals surface area contributed by atoms with Crippen LogP contribution in [0.5, 0.6) is 0 Å². The fraction of sp³-hybridized carbons (Fsp3) is 0.727. The van der Waals surface area contributed by atoms with Crippen LogP contribution in [0.2, 0.25) is 0 Å². The summed E-state index contributed by atoms with van der Waals surface area (Å²) in [5.74, 6) is 1.39. The quantitative estimate of drug-likeness (QED) is 0.459. The summed E-state index contributed by atoms with van der Waals surface area (Å²) in [6.07, 6.45) is 7.23. The molecule has 0 bridgehead atoms. The molecular weight excluding hydrogens is 194 g/mol. The van der Waals surface area contributed by atoms with Crippen LogP contribution in [0.15, 0.2) is 0 Å². The molecule has 1 rings (SSSR count). The molecule has 84 valence electrons. The summed E-state index contributed by atoms with van der Waals surface area (Å²) >= 11 is 0. The number of rotatable bonds is 4. The smallest absolute Gasteiger partial charge is 0.306 e. The average molecular weight is 211 g/mol. The molecule has 1 saturated carbocycles. The molecule has 0 aromatic heterocycles. The summed E-state index contributed by atoms with van der Waals surface area (Å²) in [6.45, 7) is 0.883. The van der Waals surface area contributed by atoms with Crippen molar-refractivity contribution in [2.24, 2.45) is 5.92 Å². The third-order valence-corrected chi connectivity index (χ3v) is 2.95. The molecule has 0 aromatic rings. The van der Waals surface area contributed by atoms with E-state index in [1.54, 1.807) is 0 Å². The SMILES string of the molecule is C#CCNCC1(O)CCC(C(=O)O)CC1. The monoisotopic (exact) mass is 211 g/mol. The van der Waals surface area contributed by atoms with Crippen molar-refractivity contribution in [2.45, 2.75) is 31.3 Å². The molecule has 1 aliphatic rings. The van der Waals surface area contributed by atoms with E-state index in [1.165, 1.54) is 0 Å². The lowest BCUT2D eigenvalue weighted by Crippen LogP contribution is -2.44. The number of nitrogens with one attached hydrogen (secondary N) is 1. The molecule has 0 heterocycles. The van der Waals surface area contributed by atoms with E-state index >= 15 is 0 Å². The third kappa shape index (κ3) is 3.54. The molecule has 1 fully saturated rings. The van der Waals surface area contributed by atoms with Gasteiger partial charge in [0.25, 0.3) is 0 Å². The van der Waals surface area contributed by atoms with Crippen molar-refractivity contribution in [3.8, 4) is 12.3 Å². The number of terminal acetylenes is 1. The number of carboxylic acids is 1. The molecule has 1 aliphatic carbocycles. The van der Waals surface area contributed by atoms with Gasteiger partial charge < -0.3 is 15.5 Å². The zero-order chi connectivity index (χ0) is 11.3. The van der Waals surface area contributed by atoms with Gasteiger partial charge in [0, 0.05) is 6.54 Å². The third-order valence-electron chi connectivity index (χ3n) is 2.95. The van der Waals surface area contributed by atoms with Crippen molar-refractivity contribution in [1.82, 2.24) is 5.32 Å². The van der Waals surface area contributed by atoms with Gasteiger partial charge in [-0.2, -0.15) is 0 Å². The summed E-state index contributed by atoms with van der Waals surface area (Å²) in [6, 6.07) is 0. The molecule has 0 amide bonds.